The van der Waals surface area contributed by atoms with E-state index >= 15 is 0 Å². The molecule has 0 unspecified atom stereocenters. The van der Waals surface area contributed by atoms with Gasteiger partial charge in [-0.1, -0.05) is 57.6 Å². The minimum absolute atomic E-state index is 0. The molecule has 0 saturated heterocycles. The topological polar surface area (TPSA) is 0 Å². The summed E-state index contributed by atoms with van der Waals surface area (Å²) in [5, 5.41) is 0. The summed E-state index contributed by atoms with van der Waals surface area (Å²) in [5.41, 5.74) is 11.9. The predicted molar refractivity (Wildman–Crippen MR) is 89.1 cm³/mol. The van der Waals surface area contributed by atoms with E-state index in [0.717, 1.165) is 0 Å². The van der Waals surface area contributed by atoms with Crippen molar-refractivity contribution in [2.75, 3.05) is 0 Å². The zero-order valence-corrected chi connectivity index (χ0v) is 14.3. The third-order valence-corrected chi connectivity index (χ3v) is 4.64. The summed E-state index contributed by atoms with van der Waals surface area (Å²) in [6.45, 7) is 13.4. The van der Waals surface area contributed by atoms with Crippen molar-refractivity contribution in [3.63, 3.8) is 0 Å². The van der Waals surface area contributed by atoms with Gasteiger partial charge in [0.15, 0.2) is 0 Å². The van der Waals surface area contributed by atoms with E-state index in [1.54, 1.807) is 10.9 Å². The molecular formula is C18H24BLi. The molecule has 2 rings (SSSR count). The minimum Gasteiger partial charge on any atom is -0.206 e. The molecular weight excluding hydrogens is 234 g/mol. The monoisotopic (exact) mass is 258 g/mol. The molecule has 20 heavy (non-hydrogen) atoms. The molecule has 0 heterocycles. The normalized spacial score (nSPS) is 10.3. The van der Waals surface area contributed by atoms with Crippen molar-refractivity contribution in [1.82, 2.24) is 0 Å². The maximum Gasteiger partial charge on any atom is 1.00 e. The zero-order chi connectivity index (χ0) is 14.2. The van der Waals surface area contributed by atoms with Crippen LogP contribution in [0.15, 0.2) is 24.3 Å². The van der Waals surface area contributed by atoms with Gasteiger partial charge in [0, 0.05) is 7.28 Å². The second kappa shape index (κ2) is 6.70. The molecule has 0 amide bonds. The average Bonchev–Trinajstić information content (AvgIpc) is 2.25. The van der Waals surface area contributed by atoms with Crippen molar-refractivity contribution < 1.29 is 18.9 Å². The predicted octanol–water partition coefficient (Wildman–Crippen LogP) is -0.339. The molecule has 0 aliphatic carbocycles. The fraction of sp³-hybridized carbons (Fsp3) is 0.333. The Morgan fingerprint density at radius 3 is 1.05 bits per heavy atom. The maximum absolute atomic E-state index is 2.32. The molecule has 2 aromatic rings. The van der Waals surface area contributed by atoms with Gasteiger partial charge >= 0.3 is 18.9 Å². The van der Waals surface area contributed by atoms with Crippen LogP contribution >= 0.6 is 0 Å². The van der Waals surface area contributed by atoms with Gasteiger partial charge in [-0.05, 0) is 41.5 Å². The van der Waals surface area contributed by atoms with Gasteiger partial charge in [-0.25, -0.2) is 10.9 Å². The molecule has 0 aliphatic heterocycles. The van der Waals surface area contributed by atoms with Crippen molar-refractivity contribution in [2.24, 2.45) is 0 Å². The van der Waals surface area contributed by atoms with Gasteiger partial charge in [0.1, 0.15) is 0 Å². The molecule has 0 N–H and O–H groups in total. The summed E-state index contributed by atoms with van der Waals surface area (Å²) in [4.78, 5) is 0. The Morgan fingerprint density at radius 2 is 0.800 bits per heavy atom. The Labute approximate surface area is 136 Å². The largest absolute Gasteiger partial charge is 1.00 e. The number of hydrogen-bond acceptors (Lipinski definition) is 0. The Hall–Kier alpha value is -0.898. The van der Waals surface area contributed by atoms with Gasteiger partial charge in [-0.3, -0.25) is 0 Å². The second-order valence-electron chi connectivity index (χ2n) is 6.30. The van der Waals surface area contributed by atoms with Crippen LogP contribution in [-0.2, 0) is 0 Å². The molecule has 0 aromatic heterocycles. The Morgan fingerprint density at radius 1 is 0.550 bits per heavy atom. The van der Waals surface area contributed by atoms with E-state index in [1.807, 2.05) is 0 Å². The van der Waals surface area contributed by atoms with E-state index < -0.39 is 0 Å². The Bertz CT molecular complexity index is 528. The average molecular weight is 258 g/mol. The van der Waals surface area contributed by atoms with Gasteiger partial charge in [-0.2, -0.15) is 0 Å². The third kappa shape index (κ3) is 3.60. The van der Waals surface area contributed by atoms with Crippen LogP contribution in [0.2, 0.25) is 0 Å². The molecule has 0 aliphatic rings. The fourth-order valence-electron chi connectivity index (χ4n) is 3.54. The van der Waals surface area contributed by atoms with E-state index in [4.69, 9.17) is 0 Å². The summed E-state index contributed by atoms with van der Waals surface area (Å²) in [7, 11) is -0.239. The van der Waals surface area contributed by atoms with E-state index in [2.05, 4.69) is 65.8 Å². The van der Waals surface area contributed by atoms with Crippen LogP contribution in [0, 0.1) is 41.5 Å². The molecule has 0 radical (unpaired) electrons. The quantitative estimate of drug-likeness (QED) is 0.647. The SMILES string of the molecule is Cc1cc(C)c([BH2-]c2c(C)cc(C)cc2C)c(C)c1.[Li+]. The molecule has 0 bridgehead atoms. The van der Waals surface area contributed by atoms with Crippen molar-refractivity contribution in [2.45, 2.75) is 41.5 Å². The van der Waals surface area contributed by atoms with E-state index in [-0.39, 0.29) is 26.1 Å². The fourth-order valence-corrected chi connectivity index (χ4v) is 3.54. The molecule has 2 aromatic carbocycles. The van der Waals surface area contributed by atoms with Gasteiger partial charge in [-0.15, -0.1) is 0 Å². The first-order chi connectivity index (χ1) is 8.88. The van der Waals surface area contributed by atoms with E-state index in [1.165, 1.54) is 33.4 Å². The molecule has 0 spiro atoms. The molecule has 0 atom stereocenters. The first-order valence-electron chi connectivity index (χ1n) is 7.31. The van der Waals surface area contributed by atoms with Crippen LogP contribution in [-0.4, -0.2) is 7.28 Å². The zero-order valence-electron chi connectivity index (χ0n) is 14.3. The van der Waals surface area contributed by atoms with Crippen LogP contribution < -0.4 is 29.8 Å². The standard InChI is InChI=1S/C18H24B.Li/c1-11-7-13(3)17(14(4)8-11)19-18-15(5)9-12(2)10-16(18)6;/h7-10H,19H2,1-6H3;/q-1;+1. The van der Waals surface area contributed by atoms with Crippen LogP contribution in [0.5, 0.6) is 0 Å². The number of rotatable bonds is 2. The summed E-state index contributed by atoms with van der Waals surface area (Å²) in [5.74, 6) is 0. The number of hydrogen-bond donors (Lipinski definition) is 0. The summed E-state index contributed by atoms with van der Waals surface area (Å²) < 4.78 is 0. The number of benzene rings is 2. The van der Waals surface area contributed by atoms with Crippen LogP contribution in [0.25, 0.3) is 0 Å². The third-order valence-electron chi connectivity index (χ3n) is 4.64. The van der Waals surface area contributed by atoms with Gasteiger partial charge in [0.25, 0.3) is 0 Å². The number of aryl methyl sites for hydroxylation is 6. The first kappa shape index (κ1) is 17.2. The van der Waals surface area contributed by atoms with E-state index in [9.17, 15) is 0 Å². The molecule has 0 nitrogen and oxygen atoms in total. The van der Waals surface area contributed by atoms with Gasteiger partial charge < -0.3 is 0 Å². The minimum atomic E-state index is -0.239. The molecule has 0 fully saturated rings. The summed E-state index contributed by atoms with van der Waals surface area (Å²) in [6.07, 6.45) is 0. The van der Waals surface area contributed by atoms with Crippen molar-refractivity contribution >= 4 is 18.2 Å². The van der Waals surface area contributed by atoms with Crippen molar-refractivity contribution in [3.05, 3.63) is 57.6 Å². The van der Waals surface area contributed by atoms with Crippen molar-refractivity contribution in [1.29, 1.82) is 0 Å². The molecule has 100 valence electrons. The Kier molecular flexibility index (Phi) is 5.75. The maximum atomic E-state index is 2.32. The van der Waals surface area contributed by atoms with Crippen LogP contribution in [0.4, 0.5) is 0 Å². The van der Waals surface area contributed by atoms with Crippen LogP contribution in [0.3, 0.4) is 0 Å². The van der Waals surface area contributed by atoms with Crippen LogP contribution in [0.1, 0.15) is 33.4 Å². The first-order valence-corrected chi connectivity index (χ1v) is 7.31. The second-order valence-corrected chi connectivity index (χ2v) is 6.30. The van der Waals surface area contributed by atoms with E-state index in [0.29, 0.717) is 0 Å². The van der Waals surface area contributed by atoms with Gasteiger partial charge in [0.05, 0.1) is 0 Å². The summed E-state index contributed by atoms with van der Waals surface area (Å²) in [6, 6.07) is 9.30. The van der Waals surface area contributed by atoms with Gasteiger partial charge in [0.2, 0.25) is 0 Å². The Balaban J connectivity index is 0.00000200. The van der Waals surface area contributed by atoms with Crippen molar-refractivity contribution in [3.8, 4) is 0 Å². The summed E-state index contributed by atoms with van der Waals surface area (Å²) >= 11 is 0. The molecule has 0 saturated carbocycles. The molecule has 2 heteroatoms. The smallest absolute Gasteiger partial charge is 0.206 e.